The highest BCUT2D eigenvalue weighted by atomic mass is 19.4. The molecule has 1 amide bonds. The van der Waals surface area contributed by atoms with Crippen molar-refractivity contribution in [3.63, 3.8) is 0 Å². The number of hydrogen-bond acceptors (Lipinski definition) is 4. The molecular formula is C17H13F3N2O3. The zero-order chi connectivity index (χ0) is 18.0. The van der Waals surface area contributed by atoms with Crippen molar-refractivity contribution in [2.24, 2.45) is 0 Å². The van der Waals surface area contributed by atoms with Crippen LogP contribution in [0.1, 0.15) is 11.5 Å². The van der Waals surface area contributed by atoms with E-state index in [1.807, 2.05) is 0 Å². The Labute approximate surface area is 140 Å². The van der Waals surface area contributed by atoms with Crippen molar-refractivity contribution in [2.45, 2.75) is 13.1 Å². The third-order valence-electron chi connectivity index (χ3n) is 3.33. The molecule has 25 heavy (non-hydrogen) atoms. The molecule has 8 heteroatoms. The average molecular weight is 350 g/mol. The molecule has 0 fully saturated rings. The predicted molar refractivity (Wildman–Crippen MR) is 84.3 cm³/mol. The zero-order valence-electron chi connectivity index (χ0n) is 13.1. The number of oxazole rings is 1. The number of ether oxygens (including phenoxy) is 1. The molecule has 0 unspecified atom stereocenters. The van der Waals surface area contributed by atoms with Crippen LogP contribution in [0.15, 0.2) is 46.9 Å². The van der Waals surface area contributed by atoms with Crippen molar-refractivity contribution in [3.05, 3.63) is 53.9 Å². The molecule has 1 N–H and O–H groups in total. The number of halogens is 3. The highest BCUT2D eigenvalue weighted by molar-refractivity contribution is 5.93. The van der Waals surface area contributed by atoms with Gasteiger partial charge in [0.05, 0.1) is 5.56 Å². The molecule has 0 aliphatic heterocycles. The highest BCUT2D eigenvalue weighted by Gasteiger charge is 2.30. The number of carbonyl (C=O) groups excluding carboxylic acids is 1. The molecule has 0 atom stereocenters. The van der Waals surface area contributed by atoms with Crippen molar-refractivity contribution >= 4 is 22.7 Å². The maximum absolute atomic E-state index is 12.5. The number of anilines is 1. The average Bonchev–Trinajstić information content (AvgIpc) is 2.92. The summed E-state index contributed by atoms with van der Waals surface area (Å²) in [5, 5.41) is 2.62. The van der Waals surface area contributed by atoms with Crippen LogP contribution in [-0.2, 0) is 11.0 Å². The summed E-state index contributed by atoms with van der Waals surface area (Å²) in [7, 11) is 0. The van der Waals surface area contributed by atoms with Gasteiger partial charge in [-0.05, 0) is 42.5 Å². The fourth-order valence-electron chi connectivity index (χ4n) is 2.21. The molecule has 0 saturated carbocycles. The number of nitrogens with zero attached hydrogens (tertiary/aromatic N) is 1. The van der Waals surface area contributed by atoms with Crippen LogP contribution >= 0.6 is 0 Å². The lowest BCUT2D eigenvalue weighted by molar-refractivity contribution is -0.137. The van der Waals surface area contributed by atoms with Gasteiger partial charge in [-0.2, -0.15) is 13.2 Å². The predicted octanol–water partition coefficient (Wildman–Crippen LogP) is 4.17. The van der Waals surface area contributed by atoms with Crippen LogP contribution in [0.4, 0.5) is 18.9 Å². The van der Waals surface area contributed by atoms with E-state index in [1.54, 1.807) is 25.1 Å². The summed E-state index contributed by atoms with van der Waals surface area (Å²) in [6, 6.07) is 9.12. The normalized spacial score (nSPS) is 11.5. The molecule has 1 aromatic heterocycles. The second kappa shape index (κ2) is 6.46. The largest absolute Gasteiger partial charge is 0.484 e. The first-order chi connectivity index (χ1) is 11.8. The van der Waals surface area contributed by atoms with Gasteiger partial charge in [0.15, 0.2) is 18.1 Å². The monoisotopic (exact) mass is 350 g/mol. The van der Waals surface area contributed by atoms with Gasteiger partial charge in [0.25, 0.3) is 5.91 Å². The molecule has 1 heterocycles. The van der Waals surface area contributed by atoms with Crippen molar-refractivity contribution in [2.75, 3.05) is 11.9 Å². The fraction of sp³-hybridized carbons (Fsp3) is 0.176. The molecular weight excluding hydrogens is 337 g/mol. The number of amides is 1. The van der Waals surface area contributed by atoms with Crippen LogP contribution in [0, 0.1) is 6.92 Å². The SMILES string of the molecule is Cc1nc2cc(NC(=O)COc3ccc(C(F)(F)F)cc3)ccc2o1. The Morgan fingerprint density at radius 2 is 1.92 bits per heavy atom. The summed E-state index contributed by atoms with van der Waals surface area (Å²) in [6.07, 6.45) is -4.41. The minimum atomic E-state index is -4.41. The van der Waals surface area contributed by atoms with E-state index in [0.717, 1.165) is 12.1 Å². The van der Waals surface area contributed by atoms with Gasteiger partial charge < -0.3 is 14.5 Å². The third kappa shape index (κ3) is 4.09. The number of fused-ring (bicyclic) bond motifs is 1. The van der Waals surface area contributed by atoms with E-state index in [1.165, 1.54) is 12.1 Å². The minimum absolute atomic E-state index is 0.172. The Bertz CT molecular complexity index is 902. The minimum Gasteiger partial charge on any atom is -0.484 e. The van der Waals surface area contributed by atoms with E-state index in [4.69, 9.17) is 9.15 Å². The number of benzene rings is 2. The number of carbonyl (C=O) groups is 1. The number of nitrogens with one attached hydrogen (secondary N) is 1. The first kappa shape index (κ1) is 16.8. The fourth-order valence-corrected chi connectivity index (χ4v) is 2.21. The molecule has 0 saturated heterocycles. The Kier molecular flexibility index (Phi) is 4.35. The maximum Gasteiger partial charge on any atom is 0.416 e. The number of alkyl halides is 3. The number of aryl methyl sites for hydroxylation is 1. The Morgan fingerprint density at radius 3 is 2.60 bits per heavy atom. The topological polar surface area (TPSA) is 64.4 Å². The van der Waals surface area contributed by atoms with Crippen molar-refractivity contribution in [1.82, 2.24) is 4.98 Å². The first-order valence-corrected chi connectivity index (χ1v) is 7.28. The molecule has 0 bridgehead atoms. The number of rotatable bonds is 4. The van der Waals surface area contributed by atoms with Crippen LogP contribution in [0.5, 0.6) is 5.75 Å². The standard InChI is InChI=1S/C17H13F3N2O3/c1-10-21-14-8-12(4-7-15(14)25-10)22-16(23)9-24-13-5-2-11(3-6-13)17(18,19)20/h2-8H,9H2,1H3,(H,22,23). The molecule has 5 nitrogen and oxygen atoms in total. The Hall–Kier alpha value is -3.03. The van der Waals surface area contributed by atoms with Crippen LogP contribution in [0.25, 0.3) is 11.1 Å². The molecule has 0 spiro atoms. The van der Waals surface area contributed by atoms with Gasteiger partial charge in [0.2, 0.25) is 0 Å². The van der Waals surface area contributed by atoms with Crippen molar-refractivity contribution < 1.29 is 27.1 Å². The molecule has 0 aliphatic rings. The van der Waals surface area contributed by atoms with Crippen LogP contribution in [-0.4, -0.2) is 17.5 Å². The second-order valence-corrected chi connectivity index (χ2v) is 5.27. The van der Waals surface area contributed by atoms with Crippen molar-refractivity contribution in [1.29, 1.82) is 0 Å². The lowest BCUT2D eigenvalue weighted by atomic mass is 10.2. The molecule has 3 rings (SSSR count). The van der Waals surface area contributed by atoms with Gasteiger partial charge >= 0.3 is 6.18 Å². The summed E-state index contributed by atoms with van der Waals surface area (Å²) < 4.78 is 47.9. The van der Waals surface area contributed by atoms with Crippen LogP contribution in [0.2, 0.25) is 0 Å². The lowest BCUT2D eigenvalue weighted by Crippen LogP contribution is -2.20. The first-order valence-electron chi connectivity index (χ1n) is 7.28. The van der Waals surface area contributed by atoms with Gasteiger partial charge in [-0.1, -0.05) is 0 Å². The Balaban J connectivity index is 1.58. The maximum atomic E-state index is 12.5. The van der Waals surface area contributed by atoms with E-state index < -0.39 is 17.6 Å². The van der Waals surface area contributed by atoms with Crippen molar-refractivity contribution in [3.8, 4) is 5.75 Å². The molecule has 0 radical (unpaired) electrons. The van der Waals surface area contributed by atoms with Gasteiger partial charge in [0, 0.05) is 12.6 Å². The zero-order valence-corrected chi connectivity index (χ0v) is 13.1. The smallest absolute Gasteiger partial charge is 0.416 e. The van der Waals surface area contributed by atoms with Gasteiger partial charge in [-0.25, -0.2) is 4.98 Å². The summed E-state index contributed by atoms with van der Waals surface area (Å²) in [6.45, 7) is 1.39. The number of aromatic nitrogens is 1. The molecule has 3 aromatic rings. The lowest BCUT2D eigenvalue weighted by Gasteiger charge is -2.09. The second-order valence-electron chi connectivity index (χ2n) is 5.27. The van der Waals surface area contributed by atoms with Gasteiger partial charge in [0.1, 0.15) is 11.3 Å². The third-order valence-corrected chi connectivity index (χ3v) is 3.33. The molecule has 0 aliphatic carbocycles. The highest BCUT2D eigenvalue weighted by Crippen LogP contribution is 2.30. The van der Waals surface area contributed by atoms with Gasteiger partial charge in [-0.3, -0.25) is 4.79 Å². The molecule has 130 valence electrons. The van der Waals surface area contributed by atoms with E-state index in [-0.39, 0.29) is 12.4 Å². The Morgan fingerprint density at radius 1 is 1.20 bits per heavy atom. The number of hydrogen-bond donors (Lipinski definition) is 1. The summed E-state index contributed by atoms with van der Waals surface area (Å²) >= 11 is 0. The van der Waals surface area contributed by atoms with E-state index in [9.17, 15) is 18.0 Å². The van der Waals surface area contributed by atoms with E-state index in [0.29, 0.717) is 22.7 Å². The quantitative estimate of drug-likeness (QED) is 0.767. The van der Waals surface area contributed by atoms with Crippen LogP contribution in [0.3, 0.4) is 0 Å². The van der Waals surface area contributed by atoms with E-state index >= 15 is 0 Å². The molecule has 2 aromatic carbocycles. The van der Waals surface area contributed by atoms with Crippen LogP contribution < -0.4 is 10.1 Å². The summed E-state index contributed by atoms with van der Waals surface area (Å²) in [4.78, 5) is 16.1. The van der Waals surface area contributed by atoms with E-state index in [2.05, 4.69) is 10.3 Å². The summed E-state index contributed by atoms with van der Waals surface area (Å²) in [5.74, 6) is 0.245. The van der Waals surface area contributed by atoms with Gasteiger partial charge in [-0.15, -0.1) is 0 Å². The summed E-state index contributed by atoms with van der Waals surface area (Å²) in [5.41, 5.74) is 0.956.